The lowest BCUT2D eigenvalue weighted by Gasteiger charge is -2.06. The second-order valence-electron chi connectivity index (χ2n) is 5.68. The number of nitrogens with zero attached hydrogens (tertiary/aromatic N) is 3. The fourth-order valence-corrected chi connectivity index (χ4v) is 2.57. The van der Waals surface area contributed by atoms with E-state index in [-0.39, 0.29) is 17.9 Å². The predicted octanol–water partition coefficient (Wildman–Crippen LogP) is 2.78. The summed E-state index contributed by atoms with van der Waals surface area (Å²) in [6, 6.07) is 16.4. The minimum atomic E-state index is -0.517. The molecule has 0 aliphatic heterocycles. The quantitative estimate of drug-likeness (QED) is 0.398. The number of carbonyl (C=O) groups excluding carboxylic acids is 1. The van der Waals surface area contributed by atoms with E-state index in [9.17, 15) is 20.0 Å². The monoisotopic (exact) mass is 364 g/mol. The lowest BCUT2D eigenvalue weighted by atomic mass is 10.1. The van der Waals surface area contributed by atoms with Crippen molar-refractivity contribution in [2.75, 3.05) is 0 Å². The molecule has 2 N–H and O–H groups in total. The Hall–Kier alpha value is -3.94. The summed E-state index contributed by atoms with van der Waals surface area (Å²) in [5, 5.41) is 24.3. The van der Waals surface area contributed by atoms with Gasteiger partial charge < -0.3 is 9.67 Å². The van der Waals surface area contributed by atoms with Crippen LogP contribution in [0.5, 0.6) is 5.75 Å². The Bertz CT molecular complexity index is 993. The number of hydrogen-bond donors (Lipinski definition) is 2. The number of nitro benzene ring substituents is 1. The van der Waals surface area contributed by atoms with Crippen LogP contribution in [-0.4, -0.2) is 26.7 Å². The van der Waals surface area contributed by atoms with E-state index in [2.05, 4.69) is 10.5 Å². The summed E-state index contributed by atoms with van der Waals surface area (Å²) in [5.41, 5.74) is 4.14. The van der Waals surface area contributed by atoms with Crippen molar-refractivity contribution in [1.82, 2.24) is 9.99 Å². The van der Waals surface area contributed by atoms with Crippen LogP contribution in [0.15, 0.2) is 72.0 Å². The van der Waals surface area contributed by atoms with Gasteiger partial charge in [-0.15, -0.1) is 0 Å². The summed E-state index contributed by atoms with van der Waals surface area (Å²) < 4.78 is 1.83. The Balaban J connectivity index is 1.67. The van der Waals surface area contributed by atoms with Gasteiger partial charge >= 0.3 is 0 Å². The molecule has 3 aromatic rings. The van der Waals surface area contributed by atoms with Crippen molar-refractivity contribution in [1.29, 1.82) is 0 Å². The SMILES string of the molecule is O=C(Cc1ccccc1[N+](=O)[O-])NN=Cc1cccn1-c1ccc(O)cc1. The summed E-state index contributed by atoms with van der Waals surface area (Å²) in [7, 11) is 0. The van der Waals surface area contributed by atoms with E-state index < -0.39 is 10.8 Å². The van der Waals surface area contributed by atoms with Crippen LogP contribution in [0.2, 0.25) is 0 Å². The third kappa shape index (κ3) is 4.37. The van der Waals surface area contributed by atoms with E-state index in [1.54, 1.807) is 36.4 Å². The van der Waals surface area contributed by atoms with Crippen LogP contribution >= 0.6 is 0 Å². The number of para-hydroxylation sites is 1. The summed E-state index contributed by atoms with van der Waals surface area (Å²) in [5.74, 6) is -0.285. The number of rotatable bonds is 6. The second kappa shape index (κ2) is 7.96. The van der Waals surface area contributed by atoms with Gasteiger partial charge in [0, 0.05) is 23.5 Å². The van der Waals surface area contributed by atoms with Gasteiger partial charge in [0.25, 0.3) is 5.69 Å². The maximum absolute atomic E-state index is 12.0. The smallest absolute Gasteiger partial charge is 0.273 e. The van der Waals surface area contributed by atoms with E-state index in [1.807, 2.05) is 22.9 Å². The molecule has 0 fully saturated rings. The Morgan fingerprint density at radius 2 is 1.89 bits per heavy atom. The van der Waals surface area contributed by atoms with Gasteiger partial charge in [-0.05, 0) is 36.4 Å². The van der Waals surface area contributed by atoms with Gasteiger partial charge in [0.05, 0.1) is 23.3 Å². The van der Waals surface area contributed by atoms with E-state index in [0.717, 1.165) is 5.69 Å². The van der Waals surface area contributed by atoms with Crippen molar-refractivity contribution in [3.63, 3.8) is 0 Å². The molecule has 0 spiro atoms. The molecule has 3 rings (SSSR count). The molecule has 1 heterocycles. The molecule has 1 aromatic heterocycles. The number of hydrazone groups is 1. The van der Waals surface area contributed by atoms with E-state index in [1.165, 1.54) is 18.3 Å². The number of phenolic OH excluding ortho intramolecular Hbond substituents is 1. The second-order valence-corrected chi connectivity index (χ2v) is 5.68. The minimum Gasteiger partial charge on any atom is -0.508 e. The normalized spacial score (nSPS) is 10.8. The lowest BCUT2D eigenvalue weighted by Crippen LogP contribution is -2.20. The Kier molecular flexibility index (Phi) is 5.27. The molecule has 0 radical (unpaired) electrons. The molecule has 0 aliphatic rings. The number of aromatic nitrogens is 1. The highest BCUT2D eigenvalue weighted by Gasteiger charge is 2.15. The topological polar surface area (TPSA) is 110 Å². The summed E-state index contributed by atoms with van der Waals surface area (Å²) in [6.45, 7) is 0. The molecule has 136 valence electrons. The molecule has 0 aliphatic carbocycles. The molecule has 0 saturated heterocycles. The van der Waals surface area contributed by atoms with Gasteiger partial charge in [0.1, 0.15) is 5.75 Å². The minimum absolute atomic E-state index is 0.0992. The van der Waals surface area contributed by atoms with Gasteiger partial charge in [0.2, 0.25) is 5.91 Å². The maximum atomic E-state index is 12.0. The van der Waals surface area contributed by atoms with Crippen molar-refractivity contribution < 1.29 is 14.8 Å². The average molecular weight is 364 g/mol. The number of nitro groups is 1. The molecule has 0 bridgehead atoms. The van der Waals surface area contributed by atoms with E-state index in [4.69, 9.17) is 0 Å². The number of nitrogens with one attached hydrogen (secondary N) is 1. The first-order valence-electron chi connectivity index (χ1n) is 8.05. The zero-order valence-electron chi connectivity index (χ0n) is 14.1. The first kappa shape index (κ1) is 17.9. The van der Waals surface area contributed by atoms with Gasteiger partial charge in [-0.25, -0.2) is 5.43 Å². The van der Waals surface area contributed by atoms with Crippen LogP contribution in [0.1, 0.15) is 11.3 Å². The number of phenols is 1. The molecule has 27 heavy (non-hydrogen) atoms. The van der Waals surface area contributed by atoms with Crippen molar-refractivity contribution in [2.24, 2.45) is 5.10 Å². The molecule has 2 aromatic carbocycles. The van der Waals surface area contributed by atoms with Crippen LogP contribution in [0.25, 0.3) is 5.69 Å². The first-order chi connectivity index (χ1) is 13.0. The number of aromatic hydroxyl groups is 1. The van der Waals surface area contributed by atoms with Crippen LogP contribution < -0.4 is 5.43 Å². The van der Waals surface area contributed by atoms with E-state index in [0.29, 0.717) is 11.3 Å². The first-order valence-corrected chi connectivity index (χ1v) is 8.05. The molecular weight excluding hydrogens is 348 g/mol. The fraction of sp³-hybridized carbons (Fsp3) is 0.0526. The molecular formula is C19H16N4O4. The highest BCUT2D eigenvalue weighted by atomic mass is 16.6. The molecule has 0 saturated carbocycles. The number of amides is 1. The summed E-state index contributed by atoms with van der Waals surface area (Å²) >= 11 is 0. The van der Waals surface area contributed by atoms with Crippen LogP contribution in [0.4, 0.5) is 5.69 Å². The van der Waals surface area contributed by atoms with Crippen molar-refractivity contribution in [3.05, 3.63) is 88.2 Å². The van der Waals surface area contributed by atoms with Gasteiger partial charge in [-0.1, -0.05) is 18.2 Å². The third-order valence-corrected chi connectivity index (χ3v) is 3.83. The summed E-state index contributed by atoms with van der Waals surface area (Å²) in [6.07, 6.45) is 3.15. The lowest BCUT2D eigenvalue weighted by molar-refractivity contribution is -0.385. The molecule has 0 atom stereocenters. The molecule has 0 unspecified atom stereocenters. The van der Waals surface area contributed by atoms with Crippen molar-refractivity contribution >= 4 is 17.8 Å². The van der Waals surface area contributed by atoms with Gasteiger partial charge in [0.15, 0.2) is 0 Å². The number of carbonyl (C=O) groups is 1. The molecule has 8 heteroatoms. The Labute approximate surface area is 154 Å². The highest BCUT2D eigenvalue weighted by Crippen LogP contribution is 2.18. The largest absolute Gasteiger partial charge is 0.508 e. The number of hydrogen-bond acceptors (Lipinski definition) is 5. The highest BCUT2D eigenvalue weighted by molar-refractivity contribution is 5.83. The van der Waals surface area contributed by atoms with Crippen LogP contribution in [-0.2, 0) is 11.2 Å². The third-order valence-electron chi connectivity index (χ3n) is 3.83. The average Bonchev–Trinajstić information content (AvgIpc) is 3.11. The van der Waals surface area contributed by atoms with Gasteiger partial charge in [-0.2, -0.15) is 5.10 Å². The van der Waals surface area contributed by atoms with E-state index >= 15 is 0 Å². The van der Waals surface area contributed by atoms with Crippen molar-refractivity contribution in [3.8, 4) is 11.4 Å². The maximum Gasteiger partial charge on any atom is 0.273 e. The van der Waals surface area contributed by atoms with Crippen LogP contribution in [0, 0.1) is 10.1 Å². The predicted molar refractivity (Wildman–Crippen MR) is 100.0 cm³/mol. The zero-order chi connectivity index (χ0) is 19.2. The van der Waals surface area contributed by atoms with Crippen LogP contribution in [0.3, 0.4) is 0 Å². The summed E-state index contributed by atoms with van der Waals surface area (Å²) in [4.78, 5) is 22.5. The Morgan fingerprint density at radius 1 is 1.15 bits per heavy atom. The van der Waals surface area contributed by atoms with Crippen molar-refractivity contribution in [2.45, 2.75) is 6.42 Å². The molecule has 1 amide bonds. The molecule has 8 nitrogen and oxygen atoms in total. The Morgan fingerprint density at radius 3 is 2.63 bits per heavy atom. The van der Waals surface area contributed by atoms with Gasteiger partial charge in [-0.3, -0.25) is 14.9 Å². The fourth-order valence-electron chi connectivity index (χ4n) is 2.57. The standard InChI is InChI=1S/C19H16N4O4/c24-17-9-7-15(8-10-17)22-11-3-5-16(22)13-20-21-19(25)12-14-4-1-2-6-18(14)23(26)27/h1-11,13,24H,12H2,(H,21,25). The number of benzene rings is 2. The zero-order valence-corrected chi connectivity index (χ0v) is 14.1.